The van der Waals surface area contributed by atoms with E-state index in [0.29, 0.717) is 11.1 Å². The molecule has 0 radical (unpaired) electrons. The van der Waals surface area contributed by atoms with Crippen LogP contribution in [0.1, 0.15) is 5.89 Å². The van der Waals surface area contributed by atoms with Gasteiger partial charge in [-0.2, -0.15) is 0 Å². The highest BCUT2D eigenvalue weighted by Gasteiger charge is 2.05. The van der Waals surface area contributed by atoms with Gasteiger partial charge in [-0.3, -0.25) is 0 Å². The molecule has 0 N–H and O–H groups in total. The maximum absolute atomic E-state index is 5.21. The Morgan fingerprint density at radius 3 is 2.79 bits per heavy atom. The fraction of sp³-hybridized carbons (Fsp3) is 0.125. The fourth-order valence-corrected chi connectivity index (χ4v) is 1.73. The van der Waals surface area contributed by atoms with Crippen LogP contribution in [0.2, 0.25) is 0 Å². The lowest BCUT2D eigenvalue weighted by molar-refractivity contribution is 0.429. The Labute approximate surface area is 93.3 Å². The lowest BCUT2D eigenvalue weighted by Crippen LogP contribution is -1.78. The maximum Gasteiger partial charge on any atom is 0.282 e. The van der Waals surface area contributed by atoms with Crippen LogP contribution in [-0.4, -0.2) is 15.2 Å². The first kappa shape index (κ1) is 9.67. The normalized spacial score (nSPS) is 10.4. The topological polar surface area (TPSA) is 51.8 Å². The molecule has 0 fully saturated rings. The molecule has 0 bridgehead atoms. The minimum atomic E-state index is 0.511. The molecule has 0 aliphatic rings. The Balaban J connectivity index is 2.15. The average Bonchev–Trinajstić information content (AvgIpc) is 2.56. The first-order chi connectivity index (χ1) is 6.74. The Hall–Kier alpha value is -0.880. The number of rotatable bonds is 2. The summed E-state index contributed by atoms with van der Waals surface area (Å²) in [5, 5.41) is 8.93. The molecule has 6 heteroatoms. The first-order valence-electron chi connectivity index (χ1n) is 3.83. The second-order valence-electron chi connectivity index (χ2n) is 2.50. The van der Waals surface area contributed by atoms with Crippen molar-refractivity contribution >= 4 is 27.7 Å². The van der Waals surface area contributed by atoms with Crippen molar-refractivity contribution in [2.24, 2.45) is 0 Å². The summed E-state index contributed by atoms with van der Waals surface area (Å²) >= 11 is 4.66. The van der Waals surface area contributed by atoms with E-state index < -0.39 is 0 Å². The van der Waals surface area contributed by atoms with Crippen LogP contribution in [0.25, 0.3) is 0 Å². The molecule has 0 spiro atoms. The molecule has 0 amide bonds. The van der Waals surface area contributed by atoms with E-state index in [1.807, 2.05) is 12.1 Å². The summed E-state index contributed by atoms with van der Waals surface area (Å²) in [6.07, 6.45) is 1.73. The van der Waals surface area contributed by atoms with Gasteiger partial charge in [0, 0.05) is 17.6 Å². The molecule has 0 aliphatic heterocycles. The Kier molecular flexibility index (Phi) is 2.83. The molecular formula is C8H6BrN3OS. The molecule has 0 unspecified atom stereocenters. The number of halogens is 1. The van der Waals surface area contributed by atoms with Crippen LogP contribution in [0.15, 0.2) is 37.5 Å². The summed E-state index contributed by atoms with van der Waals surface area (Å²) in [6, 6.07) is 3.80. The van der Waals surface area contributed by atoms with Gasteiger partial charge in [0.15, 0.2) is 0 Å². The second kappa shape index (κ2) is 4.10. The summed E-state index contributed by atoms with van der Waals surface area (Å²) in [7, 11) is 0. The smallest absolute Gasteiger partial charge is 0.282 e. The van der Waals surface area contributed by atoms with Gasteiger partial charge < -0.3 is 4.42 Å². The third kappa shape index (κ3) is 2.33. The van der Waals surface area contributed by atoms with E-state index in [2.05, 4.69) is 31.1 Å². The fourth-order valence-electron chi connectivity index (χ4n) is 0.832. The molecule has 0 saturated heterocycles. The van der Waals surface area contributed by atoms with Crippen LogP contribution in [0.3, 0.4) is 0 Å². The third-order valence-electron chi connectivity index (χ3n) is 1.40. The molecule has 0 aromatic carbocycles. The second-order valence-corrected chi connectivity index (χ2v) is 4.39. The van der Waals surface area contributed by atoms with E-state index in [1.165, 1.54) is 11.8 Å². The van der Waals surface area contributed by atoms with Gasteiger partial charge in [0.05, 0.1) is 0 Å². The number of aryl methyl sites for hydroxylation is 1. The zero-order chi connectivity index (χ0) is 9.97. The number of nitrogens with zero attached hydrogens (tertiary/aromatic N) is 3. The van der Waals surface area contributed by atoms with E-state index in [0.717, 1.165) is 9.50 Å². The van der Waals surface area contributed by atoms with Crippen LogP contribution < -0.4 is 0 Å². The number of hydrogen-bond acceptors (Lipinski definition) is 5. The molecular weight excluding hydrogens is 266 g/mol. The van der Waals surface area contributed by atoms with Crippen LogP contribution in [0, 0.1) is 6.92 Å². The monoisotopic (exact) mass is 271 g/mol. The van der Waals surface area contributed by atoms with Gasteiger partial charge in [0.2, 0.25) is 5.89 Å². The summed E-state index contributed by atoms with van der Waals surface area (Å²) < 4.78 is 6.15. The highest BCUT2D eigenvalue weighted by atomic mass is 79.9. The van der Waals surface area contributed by atoms with Crippen molar-refractivity contribution in [1.82, 2.24) is 15.2 Å². The SMILES string of the molecule is Cc1nnc(Sc2ccc(Br)cn2)o1. The highest BCUT2D eigenvalue weighted by molar-refractivity contribution is 9.10. The molecule has 2 aromatic rings. The maximum atomic E-state index is 5.21. The van der Waals surface area contributed by atoms with Gasteiger partial charge >= 0.3 is 0 Å². The molecule has 2 rings (SSSR count). The van der Waals surface area contributed by atoms with Gasteiger partial charge in [-0.05, 0) is 39.8 Å². The molecule has 2 aromatic heterocycles. The predicted molar refractivity (Wildman–Crippen MR) is 55.1 cm³/mol. The van der Waals surface area contributed by atoms with E-state index in [1.54, 1.807) is 13.1 Å². The third-order valence-corrected chi connectivity index (χ3v) is 2.66. The van der Waals surface area contributed by atoms with Crippen molar-refractivity contribution in [1.29, 1.82) is 0 Å². The summed E-state index contributed by atoms with van der Waals surface area (Å²) in [5.41, 5.74) is 0. The lowest BCUT2D eigenvalue weighted by Gasteiger charge is -1.94. The van der Waals surface area contributed by atoms with Gasteiger partial charge in [-0.1, -0.05) is 0 Å². The van der Waals surface area contributed by atoms with E-state index in [4.69, 9.17) is 4.42 Å². The quantitative estimate of drug-likeness (QED) is 0.841. The zero-order valence-electron chi connectivity index (χ0n) is 7.27. The van der Waals surface area contributed by atoms with Crippen LogP contribution in [0.5, 0.6) is 0 Å². The van der Waals surface area contributed by atoms with Crippen molar-refractivity contribution in [3.63, 3.8) is 0 Å². The number of pyridine rings is 1. The molecule has 72 valence electrons. The standard InChI is InChI=1S/C8H6BrN3OS/c1-5-11-12-8(13-5)14-7-3-2-6(9)4-10-7/h2-4H,1H3. The van der Waals surface area contributed by atoms with Gasteiger partial charge in [-0.25, -0.2) is 4.98 Å². The van der Waals surface area contributed by atoms with Crippen LogP contribution in [0.4, 0.5) is 0 Å². The highest BCUT2D eigenvalue weighted by Crippen LogP contribution is 2.24. The van der Waals surface area contributed by atoms with Crippen molar-refractivity contribution in [3.8, 4) is 0 Å². The Bertz CT molecular complexity index is 428. The first-order valence-corrected chi connectivity index (χ1v) is 5.44. The average molecular weight is 272 g/mol. The van der Waals surface area contributed by atoms with Crippen molar-refractivity contribution in [3.05, 3.63) is 28.7 Å². The van der Waals surface area contributed by atoms with Crippen LogP contribution in [-0.2, 0) is 0 Å². The zero-order valence-corrected chi connectivity index (χ0v) is 9.67. The molecule has 2 heterocycles. The van der Waals surface area contributed by atoms with Gasteiger partial charge in [0.25, 0.3) is 5.22 Å². The summed E-state index contributed by atoms with van der Waals surface area (Å²) in [5.74, 6) is 0.560. The van der Waals surface area contributed by atoms with Crippen molar-refractivity contribution in [2.75, 3.05) is 0 Å². The summed E-state index contributed by atoms with van der Waals surface area (Å²) in [6.45, 7) is 1.76. The number of hydrogen-bond donors (Lipinski definition) is 0. The van der Waals surface area contributed by atoms with E-state index in [9.17, 15) is 0 Å². The van der Waals surface area contributed by atoms with Crippen molar-refractivity contribution < 1.29 is 4.42 Å². The summed E-state index contributed by atoms with van der Waals surface area (Å²) in [4.78, 5) is 4.17. The minimum absolute atomic E-state index is 0.511. The Morgan fingerprint density at radius 1 is 1.36 bits per heavy atom. The lowest BCUT2D eigenvalue weighted by atomic mass is 10.5. The molecule has 14 heavy (non-hydrogen) atoms. The van der Waals surface area contributed by atoms with Gasteiger partial charge in [0.1, 0.15) is 5.03 Å². The van der Waals surface area contributed by atoms with E-state index in [-0.39, 0.29) is 0 Å². The molecule has 4 nitrogen and oxygen atoms in total. The molecule has 0 atom stereocenters. The molecule has 0 aliphatic carbocycles. The number of aromatic nitrogens is 3. The van der Waals surface area contributed by atoms with Crippen molar-refractivity contribution in [2.45, 2.75) is 17.2 Å². The Morgan fingerprint density at radius 2 is 2.21 bits per heavy atom. The minimum Gasteiger partial charge on any atom is -0.416 e. The largest absolute Gasteiger partial charge is 0.416 e. The van der Waals surface area contributed by atoms with E-state index >= 15 is 0 Å². The molecule has 0 saturated carbocycles. The van der Waals surface area contributed by atoms with Gasteiger partial charge in [-0.15, -0.1) is 10.2 Å². The van der Waals surface area contributed by atoms with Crippen LogP contribution >= 0.6 is 27.7 Å². The predicted octanol–water partition coefficient (Wildman–Crippen LogP) is 2.69.